The van der Waals surface area contributed by atoms with Gasteiger partial charge in [0.15, 0.2) is 0 Å². The Labute approximate surface area is 122 Å². The molecule has 0 saturated heterocycles. The lowest BCUT2D eigenvalue weighted by Gasteiger charge is -2.08. The van der Waals surface area contributed by atoms with Crippen molar-refractivity contribution in [3.05, 3.63) is 58.1 Å². The van der Waals surface area contributed by atoms with Gasteiger partial charge in [0, 0.05) is 21.4 Å². The van der Waals surface area contributed by atoms with Crippen molar-refractivity contribution in [1.29, 1.82) is 5.26 Å². The molecule has 2 aromatic carbocycles. The van der Waals surface area contributed by atoms with Crippen molar-refractivity contribution in [1.82, 2.24) is 0 Å². The van der Waals surface area contributed by atoms with Gasteiger partial charge in [-0.25, -0.2) is 0 Å². The summed E-state index contributed by atoms with van der Waals surface area (Å²) in [5, 5.41) is 9.42. The van der Waals surface area contributed by atoms with Crippen LogP contribution in [0.4, 0.5) is 5.69 Å². The molecule has 0 aromatic heterocycles. The summed E-state index contributed by atoms with van der Waals surface area (Å²) >= 11 is 7.79. The molecule has 0 fully saturated rings. The highest BCUT2D eigenvalue weighted by atomic mass is 35.5. The molecule has 0 aliphatic heterocycles. The third-order valence-electron chi connectivity index (χ3n) is 2.73. The number of anilines is 1. The Balaban J connectivity index is 2.13. The van der Waals surface area contributed by atoms with E-state index in [0.717, 1.165) is 27.5 Å². The number of nitriles is 1. The summed E-state index contributed by atoms with van der Waals surface area (Å²) in [6.07, 6.45) is 0. The maximum atomic E-state index is 8.79. The zero-order valence-corrected chi connectivity index (χ0v) is 12.1. The lowest BCUT2D eigenvalue weighted by atomic mass is 10.2. The molecule has 2 N–H and O–H groups in total. The molecule has 19 heavy (non-hydrogen) atoms. The summed E-state index contributed by atoms with van der Waals surface area (Å²) < 4.78 is 0. The Morgan fingerprint density at radius 1 is 1.26 bits per heavy atom. The number of rotatable bonds is 3. The molecule has 0 unspecified atom stereocenters. The zero-order chi connectivity index (χ0) is 13.8. The molecule has 96 valence electrons. The first-order valence-corrected chi connectivity index (χ1v) is 7.14. The van der Waals surface area contributed by atoms with Gasteiger partial charge in [0.2, 0.25) is 0 Å². The van der Waals surface area contributed by atoms with Gasteiger partial charge in [-0.05, 0) is 42.3 Å². The Hall–Kier alpha value is -1.63. The van der Waals surface area contributed by atoms with Gasteiger partial charge in [-0.1, -0.05) is 23.7 Å². The highest BCUT2D eigenvalue weighted by Gasteiger charge is 2.05. The molecule has 0 saturated carbocycles. The average Bonchev–Trinajstić information content (AvgIpc) is 2.39. The molecule has 2 rings (SSSR count). The summed E-state index contributed by atoms with van der Waals surface area (Å²) in [6.45, 7) is 2.02. The maximum absolute atomic E-state index is 8.79. The van der Waals surface area contributed by atoms with Crippen molar-refractivity contribution in [3.63, 3.8) is 0 Å². The first-order chi connectivity index (χ1) is 9.10. The van der Waals surface area contributed by atoms with Gasteiger partial charge in [0.25, 0.3) is 0 Å². The molecule has 0 aliphatic carbocycles. The van der Waals surface area contributed by atoms with Crippen LogP contribution in [0.15, 0.2) is 41.3 Å². The van der Waals surface area contributed by atoms with Crippen molar-refractivity contribution < 1.29 is 0 Å². The van der Waals surface area contributed by atoms with Crippen LogP contribution in [-0.4, -0.2) is 0 Å². The van der Waals surface area contributed by atoms with Gasteiger partial charge >= 0.3 is 0 Å². The van der Waals surface area contributed by atoms with E-state index < -0.39 is 0 Å². The monoisotopic (exact) mass is 288 g/mol. The fourth-order valence-electron chi connectivity index (χ4n) is 1.69. The van der Waals surface area contributed by atoms with E-state index in [1.807, 2.05) is 31.2 Å². The summed E-state index contributed by atoms with van der Waals surface area (Å²) in [5.41, 5.74) is 9.49. The van der Waals surface area contributed by atoms with E-state index >= 15 is 0 Å². The van der Waals surface area contributed by atoms with E-state index in [1.165, 1.54) is 0 Å². The van der Waals surface area contributed by atoms with E-state index in [4.69, 9.17) is 22.6 Å². The number of nitrogen functional groups attached to an aromatic ring is 1. The van der Waals surface area contributed by atoms with Crippen LogP contribution in [0.1, 0.15) is 16.7 Å². The molecule has 0 amide bonds. The van der Waals surface area contributed by atoms with Gasteiger partial charge in [0.1, 0.15) is 0 Å². The Kier molecular flexibility index (Phi) is 4.36. The van der Waals surface area contributed by atoms with Crippen molar-refractivity contribution in [2.75, 3.05) is 5.73 Å². The van der Waals surface area contributed by atoms with Crippen LogP contribution in [0.25, 0.3) is 0 Å². The van der Waals surface area contributed by atoms with Crippen molar-refractivity contribution in [2.24, 2.45) is 0 Å². The van der Waals surface area contributed by atoms with Gasteiger partial charge in [-0.2, -0.15) is 5.26 Å². The largest absolute Gasteiger partial charge is 0.398 e. The summed E-state index contributed by atoms with van der Waals surface area (Å²) in [4.78, 5) is 1.05. The number of hydrogen-bond donors (Lipinski definition) is 1. The fourth-order valence-corrected chi connectivity index (χ4v) is 2.97. The van der Waals surface area contributed by atoms with E-state index in [1.54, 1.807) is 23.9 Å². The topological polar surface area (TPSA) is 49.8 Å². The smallest absolute Gasteiger partial charge is 0.0992 e. The molecule has 0 aliphatic rings. The molecule has 0 radical (unpaired) electrons. The number of nitrogens with zero attached hydrogens (tertiary/aromatic N) is 1. The third kappa shape index (κ3) is 3.44. The van der Waals surface area contributed by atoms with Gasteiger partial charge in [-0.15, -0.1) is 11.8 Å². The quantitative estimate of drug-likeness (QED) is 0.673. The van der Waals surface area contributed by atoms with Gasteiger partial charge in [-0.3, -0.25) is 0 Å². The van der Waals surface area contributed by atoms with E-state index in [-0.39, 0.29) is 0 Å². The number of aryl methyl sites for hydroxylation is 1. The van der Waals surface area contributed by atoms with Crippen LogP contribution in [0.3, 0.4) is 0 Å². The molecule has 0 spiro atoms. The summed E-state index contributed by atoms with van der Waals surface area (Å²) in [6, 6.07) is 13.5. The Bertz CT molecular complexity index is 647. The second kappa shape index (κ2) is 6.01. The molecule has 0 heterocycles. The average molecular weight is 289 g/mol. The number of thioether (sulfide) groups is 1. The van der Waals surface area contributed by atoms with E-state index in [2.05, 4.69) is 6.07 Å². The summed E-state index contributed by atoms with van der Waals surface area (Å²) in [5.74, 6) is 0.734. The molecule has 2 nitrogen and oxygen atoms in total. The molecule has 0 atom stereocenters. The summed E-state index contributed by atoms with van der Waals surface area (Å²) in [7, 11) is 0. The van der Waals surface area contributed by atoms with Gasteiger partial charge < -0.3 is 5.73 Å². The van der Waals surface area contributed by atoms with E-state index in [9.17, 15) is 0 Å². The highest BCUT2D eigenvalue weighted by Crippen LogP contribution is 2.31. The van der Waals surface area contributed by atoms with Crippen LogP contribution in [0.5, 0.6) is 0 Å². The molecular weight excluding hydrogens is 276 g/mol. The predicted octanol–water partition coefficient (Wildman–Crippen LogP) is 4.39. The van der Waals surface area contributed by atoms with E-state index in [0.29, 0.717) is 10.6 Å². The highest BCUT2D eigenvalue weighted by molar-refractivity contribution is 7.98. The Morgan fingerprint density at radius 3 is 2.68 bits per heavy atom. The molecule has 2 aromatic rings. The van der Waals surface area contributed by atoms with Crippen LogP contribution in [0.2, 0.25) is 5.02 Å². The number of benzene rings is 2. The van der Waals surface area contributed by atoms with Crippen LogP contribution < -0.4 is 5.73 Å². The maximum Gasteiger partial charge on any atom is 0.0992 e. The second-order valence-electron chi connectivity index (χ2n) is 4.25. The fraction of sp³-hybridized carbons (Fsp3) is 0.133. The second-order valence-corrected chi connectivity index (χ2v) is 5.67. The predicted molar refractivity (Wildman–Crippen MR) is 81.3 cm³/mol. The van der Waals surface area contributed by atoms with Crippen molar-refractivity contribution in [2.45, 2.75) is 17.6 Å². The lowest BCUT2D eigenvalue weighted by Crippen LogP contribution is -1.90. The first-order valence-electron chi connectivity index (χ1n) is 5.77. The molecule has 4 heteroatoms. The minimum absolute atomic E-state index is 0.577. The lowest BCUT2D eigenvalue weighted by molar-refractivity contribution is 1.35. The molecular formula is C15H13ClN2S. The minimum atomic E-state index is 0.577. The molecule has 0 bridgehead atoms. The normalized spacial score (nSPS) is 10.2. The SMILES string of the molecule is Cc1ccc(SCc2ccc(C#N)cc2Cl)c(N)c1. The first kappa shape index (κ1) is 13.8. The van der Waals surface area contributed by atoms with Crippen molar-refractivity contribution >= 4 is 29.1 Å². The minimum Gasteiger partial charge on any atom is -0.398 e. The van der Waals surface area contributed by atoms with Gasteiger partial charge in [0.05, 0.1) is 11.6 Å². The Morgan fingerprint density at radius 2 is 2.05 bits per heavy atom. The number of halogens is 1. The number of hydrogen-bond acceptors (Lipinski definition) is 3. The van der Waals surface area contributed by atoms with Crippen LogP contribution >= 0.6 is 23.4 Å². The van der Waals surface area contributed by atoms with Crippen LogP contribution in [-0.2, 0) is 5.75 Å². The zero-order valence-electron chi connectivity index (χ0n) is 10.5. The third-order valence-corrected chi connectivity index (χ3v) is 4.22. The van der Waals surface area contributed by atoms with Crippen LogP contribution in [0, 0.1) is 18.3 Å². The van der Waals surface area contributed by atoms with Crippen molar-refractivity contribution in [3.8, 4) is 6.07 Å². The number of nitrogens with two attached hydrogens (primary N) is 1. The standard InChI is InChI=1S/C15H13ClN2S/c1-10-2-5-15(14(18)6-10)19-9-12-4-3-11(8-17)7-13(12)16/h2-7H,9,18H2,1H3.